The number of hydrogen-bond donors (Lipinski definition) is 0. The van der Waals surface area contributed by atoms with Crippen LogP contribution >= 0.6 is 0 Å². The summed E-state index contributed by atoms with van der Waals surface area (Å²) >= 11 is 0. The van der Waals surface area contributed by atoms with Crippen molar-refractivity contribution in [2.45, 2.75) is 20.8 Å². The Balaban J connectivity index is 0.000000561. The number of allylic oxidation sites excluding steroid dienone is 2. The Morgan fingerprint density at radius 1 is 1.50 bits per heavy atom. The molecule has 66 valence electrons. The van der Waals surface area contributed by atoms with Crippen molar-refractivity contribution < 1.29 is 0 Å². The van der Waals surface area contributed by atoms with Crippen LogP contribution in [0.1, 0.15) is 19.5 Å². The largest absolute Gasteiger partial charge is 0.245 e. The van der Waals surface area contributed by atoms with Crippen molar-refractivity contribution in [2.24, 2.45) is 0 Å². The number of nitrogens with zero attached hydrogens (tertiary/aromatic N) is 2. The second kappa shape index (κ2) is 6.40. The topological polar surface area (TPSA) is 17.8 Å². The molecule has 1 rings (SSSR count). The lowest BCUT2D eigenvalue weighted by molar-refractivity contribution is 0.897. The third-order valence-corrected chi connectivity index (χ3v) is 1.23. The van der Waals surface area contributed by atoms with Crippen LogP contribution in [0.15, 0.2) is 31.0 Å². The van der Waals surface area contributed by atoms with Crippen molar-refractivity contribution in [3.63, 3.8) is 0 Å². The summed E-state index contributed by atoms with van der Waals surface area (Å²) < 4.78 is 1.79. The fourth-order valence-electron chi connectivity index (χ4n) is 0.679. The zero-order chi connectivity index (χ0) is 9.40. The fourth-order valence-corrected chi connectivity index (χ4v) is 0.679. The predicted octanol–water partition coefficient (Wildman–Crippen LogP) is 2.87. The van der Waals surface area contributed by atoms with Gasteiger partial charge in [0.25, 0.3) is 0 Å². The van der Waals surface area contributed by atoms with Gasteiger partial charge in [-0.05, 0) is 19.1 Å². The first-order valence-electron chi connectivity index (χ1n) is 4.14. The molecule has 0 aliphatic heterocycles. The van der Waals surface area contributed by atoms with Gasteiger partial charge in [0, 0.05) is 18.1 Å². The van der Waals surface area contributed by atoms with E-state index in [0.717, 1.165) is 5.69 Å². The summed E-state index contributed by atoms with van der Waals surface area (Å²) in [4.78, 5) is 0. The molecule has 0 aromatic carbocycles. The second-order valence-corrected chi connectivity index (χ2v) is 1.99. The highest BCUT2D eigenvalue weighted by Crippen LogP contribution is 1.95. The Morgan fingerprint density at radius 2 is 2.17 bits per heavy atom. The minimum absolute atomic E-state index is 1.12. The van der Waals surface area contributed by atoms with E-state index in [4.69, 9.17) is 0 Å². The summed E-state index contributed by atoms with van der Waals surface area (Å²) in [6, 6.07) is 1.95. The maximum atomic E-state index is 4.04. The van der Waals surface area contributed by atoms with Gasteiger partial charge in [-0.1, -0.05) is 26.5 Å². The Labute approximate surface area is 74.2 Å². The Kier molecular flexibility index (Phi) is 5.70. The van der Waals surface area contributed by atoms with E-state index in [9.17, 15) is 0 Å². The van der Waals surface area contributed by atoms with Crippen molar-refractivity contribution in [3.8, 4) is 0 Å². The molecule has 1 aromatic heterocycles. The smallest absolute Gasteiger partial charge is 0.0496 e. The normalized spacial score (nSPS) is 9.25. The molecule has 0 bridgehead atoms. The zero-order valence-electron chi connectivity index (χ0n) is 7.99. The van der Waals surface area contributed by atoms with Crippen LogP contribution in [0.3, 0.4) is 0 Å². The molecule has 1 aromatic rings. The molecule has 0 atom stereocenters. The van der Waals surface area contributed by atoms with Gasteiger partial charge < -0.3 is 0 Å². The number of hydrogen-bond acceptors (Lipinski definition) is 1. The van der Waals surface area contributed by atoms with E-state index >= 15 is 0 Å². The molecule has 0 amide bonds. The molecule has 0 saturated heterocycles. The van der Waals surface area contributed by atoms with Gasteiger partial charge in [-0.15, -0.1) is 0 Å². The third kappa shape index (κ3) is 3.19. The van der Waals surface area contributed by atoms with E-state index in [-0.39, 0.29) is 0 Å². The quantitative estimate of drug-likeness (QED) is 0.614. The summed E-state index contributed by atoms with van der Waals surface area (Å²) in [5.41, 5.74) is 1.12. The monoisotopic (exact) mass is 164 g/mol. The first kappa shape index (κ1) is 10.7. The fraction of sp³-hybridized carbons (Fsp3) is 0.300. The van der Waals surface area contributed by atoms with Crippen LogP contribution in [0, 0.1) is 6.92 Å². The predicted molar refractivity (Wildman–Crippen MR) is 53.8 cm³/mol. The molecular formula is C10H16N2. The van der Waals surface area contributed by atoms with Gasteiger partial charge in [0.15, 0.2) is 0 Å². The van der Waals surface area contributed by atoms with E-state index in [1.165, 1.54) is 0 Å². The van der Waals surface area contributed by atoms with Gasteiger partial charge in [0.05, 0.1) is 0 Å². The Bertz CT molecular complexity index is 246. The third-order valence-electron chi connectivity index (χ3n) is 1.23. The molecule has 1 heterocycles. The summed E-state index contributed by atoms with van der Waals surface area (Å²) in [6.07, 6.45) is 7.20. The molecule has 0 unspecified atom stereocenters. The Morgan fingerprint density at radius 3 is 2.58 bits per heavy atom. The second-order valence-electron chi connectivity index (χ2n) is 1.99. The van der Waals surface area contributed by atoms with Crippen LogP contribution in [0.4, 0.5) is 0 Å². The van der Waals surface area contributed by atoms with Crippen molar-refractivity contribution in [1.29, 1.82) is 0 Å². The summed E-state index contributed by atoms with van der Waals surface area (Å²) in [6.45, 7) is 9.56. The van der Waals surface area contributed by atoms with Crippen molar-refractivity contribution in [1.82, 2.24) is 9.78 Å². The van der Waals surface area contributed by atoms with Crippen LogP contribution in [0.2, 0.25) is 0 Å². The Hall–Kier alpha value is -1.31. The maximum Gasteiger partial charge on any atom is 0.0496 e. The van der Waals surface area contributed by atoms with Crippen LogP contribution < -0.4 is 0 Å². The highest BCUT2D eigenvalue weighted by molar-refractivity contribution is 5.27. The number of aromatic nitrogens is 2. The van der Waals surface area contributed by atoms with E-state index in [1.807, 2.05) is 39.1 Å². The van der Waals surface area contributed by atoms with E-state index in [1.54, 1.807) is 17.0 Å². The maximum absolute atomic E-state index is 4.04. The van der Waals surface area contributed by atoms with E-state index in [0.29, 0.717) is 0 Å². The molecule has 0 N–H and O–H groups in total. The van der Waals surface area contributed by atoms with Crippen LogP contribution in [-0.2, 0) is 0 Å². The number of aryl methyl sites for hydroxylation is 1. The van der Waals surface area contributed by atoms with E-state index in [2.05, 4.69) is 11.7 Å². The molecule has 0 fully saturated rings. The summed E-state index contributed by atoms with van der Waals surface area (Å²) in [5.74, 6) is 0. The first-order valence-corrected chi connectivity index (χ1v) is 4.14. The van der Waals surface area contributed by atoms with Crippen molar-refractivity contribution in [2.75, 3.05) is 0 Å². The molecule has 0 spiro atoms. The van der Waals surface area contributed by atoms with Gasteiger partial charge in [-0.2, -0.15) is 5.10 Å². The van der Waals surface area contributed by atoms with Gasteiger partial charge in [0.1, 0.15) is 0 Å². The van der Waals surface area contributed by atoms with Gasteiger partial charge in [-0.3, -0.25) is 0 Å². The molecular weight excluding hydrogens is 148 g/mol. The average Bonchev–Trinajstić information content (AvgIpc) is 2.51. The van der Waals surface area contributed by atoms with Crippen molar-refractivity contribution in [3.05, 3.63) is 36.7 Å². The molecule has 12 heavy (non-hydrogen) atoms. The molecule has 0 aliphatic rings. The lowest BCUT2D eigenvalue weighted by Crippen LogP contribution is -1.89. The molecule has 2 nitrogen and oxygen atoms in total. The molecule has 0 radical (unpaired) electrons. The SMILES string of the molecule is C=C/C=C\n1nccc1C.CC. The summed E-state index contributed by atoms with van der Waals surface area (Å²) in [7, 11) is 0. The minimum Gasteiger partial charge on any atom is -0.245 e. The summed E-state index contributed by atoms with van der Waals surface area (Å²) in [5, 5.41) is 4.04. The van der Waals surface area contributed by atoms with Gasteiger partial charge >= 0.3 is 0 Å². The molecule has 2 heteroatoms. The van der Waals surface area contributed by atoms with Gasteiger partial charge in [0.2, 0.25) is 0 Å². The number of rotatable bonds is 2. The van der Waals surface area contributed by atoms with Crippen LogP contribution in [0.25, 0.3) is 6.20 Å². The first-order chi connectivity index (χ1) is 5.84. The molecule has 0 saturated carbocycles. The highest BCUT2D eigenvalue weighted by atomic mass is 15.3. The standard InChI is InChI=1S/C8H10N2.C2H6/c1-3-4-7-10-8(2)5-6-9-10;1-2/h3-7H,1H2,2H3;1-2H3/b7-4-;. The average molecular weight is 164 g/mol. The lowest BCUT2D eigenvalue weighted by Gasteiger charge is -1.91. The van der Waals surface area contributed by atoms with Crippen molar-refractivity contribution >= 4 is 6.20 Å². The lowest BCUT2D eigenvalue weighted by atomic mass is 10.5. The zero-order valence-corrected chi connectivity index (χ0v) is 7.99. The van der Waals surface area contributed by atoms with E-state index < -0.39 is 0 Å². The highest BCUT2D eigenvalue weighted by Gasteiger charge is 1.87. The molecule has 0 aliphatic carbocycles. The minimum atomic E-state index is 1.12. The van der Waals surface area contributed by atoms with Gasteiger partial charge in [-0.25, -0.2) is 4.68 Å². The van der Waals surface area contributed by atoms with Crippen LogP contribution in [0.5, 0.6) is 0 Å². The van der Waals surface area contributed by atoms with Crippen LogP contribution in [-0.4, -0.2) is 9.78 Å².